The molecule has 1 fully saturated rings. The molecular formula is C12H13N3O. The summed E-state index contributed by atoms with van der Waals surface area (Å²) in [6, 6.07) is 6.04. The average molecular weight is 215 g/mol. The Labute approximate surface area is 94.5 Å². The third-order valence-electron chi connectivity index (χ3n) is 2.74. The highest BCUT2D eigenvalue weighted by molar-refractivity contribution is 5.79. The smallest absolute Gasteiger partial charge is 0.224 e. The molecule has 4 heteroatoms. The number of aromatic nitrogens is 1. The van der Waals surface area contributed by atoms with Gasteiger partial charge in [-0.05, 0) is 18.6 Å². The lowest BCUT2D eigenvalue weighted by atomic mass is 10.1. The maximum Gasteiger partial charge on any atom is 0.224 e. The first-order valence-corrected chi connectivity index (χ1v) is 5.28. The standard InChI is InChI=1S/C12H13N3O/c1-9-2-3-10(6-14-9)7-15-8-11(5-13)4-12(15)16/h2-3,6,11H,4,7-8H2,1H3. The highest BCUT2D eigenvalue weighted by atomic mass is 16.2. The Morgan fingerprint density at radius 1 is 1.62 bits per heavy atom. The van der Waals surface area contributed by atoms with E-state index in [0.29, 0.717) is 19.5 Å². The third-order valence-corrected chi connectivity index (χ3v) is 2.74. The molecule has 1 amide bonds. The lowest BCUT2D eigenvalue weighted by Crippen LogP contribution is -2.24. The van der Waals surface area contributed by atoms with Crippen LogP contribution in [0.1, 0.15) is 17.7 Å². The van der Waals surface area contributed by atoms with E-state index in [0.717, 1.165) is 11.3 Å². The molecule has 1 aliphatic rings. The van der Waals surface area contributed by atoms with Crippen molar-refractivity contribution < 1.29 is 4.79 Å². The van der Waals surface area contributed by atoms with Crippen LogP contribution in [0, 0.1) is 24.2 Å². The monoisotopic (exact) mass is 215 g/mol. The molecule has 82 valence electrons. The van der Waals surface area contributed by atoms with E-state index < -0.39 is 0 Å². The van der Waals surface area contributed by atoms with Crippen molar-refractivity contribution in [2.45, 2.75) is 19.9 Å². The molecule has 0 spiro atoms. The minimum absolute atomic E-state index is 0.0622. The van der Waals surface area contributed by atoms with Gasteiger partial charge >= 0.3 is 0 Å². The van der Waals surface area contributed by atoms with Gasteiger partial charge in [0.2, 0.25) is 5.91 Å². The molecule has 2 rings (SSSR count). The number of carbonyl (C=O) groups excluding carboxylic acids is 1. The van der Waals surface area contributed by atoms with Gasteiger partial charge in [-0.15, -0.1) is 0 Å². The topological polar surface area (TPSA) is 57.0 Å². The fraction of sp³-hybridized carbons (Fsp3) is 0.417. The van der Waals surface area contributed by atoms with Gasteiger partial charge in [0.05, 0.1) is 12.0 Å². The van der Waals surface area contributed by atoms with E-state index in [-0.39, 0.29) is 11.8 Å². The molecule has 0 N–H and O–H groups in total. The summed E-state index contributed by atoms with van der Waals surface area (Å²) in [6.07, 6.45) is 2.14. The number of rotatable bonds is 2. The number of pyridine rings is 1. The number of nitriles is 1. The van der Waals surface area contributed by atoms with Crippen molar-refractivity contribution in [3.8, 4) is 6.07 Å². The number of aryl methyl sites for hydroxylation is 1. The molecule has 4 nitrogen and oxygen atoms in total. The third kappa shape index (κ3) is 2.19. The van der Waals surface area contributed by atoms with Crippen molar-refractivity contribution in [1.29, 1.82) is 5.26 Å². The predicted octanol–water partition coefficient (Wildman–Crippen LogP) is 1.26. The van der Waals surface area contributed by atoms with Gasteiger partial charge in [-0.2, -0.15) is 5.26 Å². The highest BCUT2D eigenvalue weighted by Gasteiger charge is 2.29. The molecule has 0 saturated carbocycles. The van der Waals surface area contributed by atoms with Gasteiger partial charge in [0.25, 0.3) is 0 Å². The number of likely N-dealkylation sites (tertiary alicyclic amines) is 1. The van der Waals surface area contributed by atoms with E-state index in [1.165, 1.54) is 0 Å². The zero-order valence-electron chi connectivity index (χ0n) is 9.18. The van der Waals surface area contributed by atoms with E-state index in [2.05, 4.69) is 11.1 Å². The van der Waals surface area contributed by atoms with Crippen LogP contribution in [-0.2, 0) is 11.3 Å². The molecule has 0 bridgehead atoms. The largest absolute Gasteiger partial charge is 0.337 e. The molecular weight excluding hydrogens is 202 g/mol. The van der Waals surface area contributed by atoms with Crippen molar-refractivity contribution in [2.24, 2.45) is 5.92 Å². The van der Waals surface area contributed by atoms with Crippen LogP contribution in [-0.4, -0.2) is 22.3 Å². The van der Waals surface area contributed by atoms with Crippen LogP contribution in [0.25, 0.3) is 0 Å². The Hall–Kier alpha value is -1.89. The van der Waals surface area contributed by atoms with Gasteiger partial charge < -0.3 is 4.90 Å². The lowest BCUT2D eigenvalue weighted by molar-refractivity contribution is -0.128. The normalized spacial score (nSPS) is 19.9. The van der Waals surface area contributed by atoms with Crippen LogP contribution < -0.4 is 0 Å². The van der Waals surface area contributed by atoms with Crippen molar-refractivity contribution >= 4 is 5.91 Å². The van der Waals surface area contributed by atoms with E-state index in [9.17, 15) is 4.79 Å². The van der Waals surface area contributed by atoms with Crippen molar-refractivity contribution in [2.75, 3.05) is 6.54 Å². The van der Waals surface area contributed by atoms with Crippen molar-refractivity contribution in [3.63, 3.8) is 0 Å². The highest BCUT2D eigenvalue weighted by Crippen LogP contribution is 2.19. The maximum atomic E-state index is 11.6. The van der Waals surface area contributed by atoms with Gasteiger partial charge in [-0.1, -0.05) is 6.07 Å². The van der Waals surface area contributed by atoms with Gasteiger partial charge in [-0.25, -0.2) is 0 Å². The fourth-order valence-corrected chi connectivity index (χ4v) is 1.82. The first-order chi connectivity index (χ1) is 7.69. The van der Waals surface area contributed by atoms with Crippen molar-refractivity contribution in [1.82, 2.24) is 9.88 Å². The summed E-state index contributed by atoms with van der Waals surface area (Å²) >= 11 is 0. The molecule has 0 aliphatic carbocycles. The minimum atomic E-state index is -0.147. The summed E-state index contributed by atoms with van der Waals surface area (Å²) in [5.74, 6) is -0.0852. The zero-order valence-corrected chi connectivity index (χ0v) is 9.18. The van der Waals surface area contributed by atoms with E-state index in [1.54, 1.807) is 11.1 Å². The Bertz CT molecular complexity index is 433. The molecule has 0 radical (unpaired) electrons. The number of amides is 1. The van der Waals surface area contributed by atoms with Crippen LogP contribution in [0.2, 0.25) is 0 Å². The molecule has 1 aromatic rings. The number of hydrogen-bond acceptors (Lipinski definition) is 3. The number of hydrogen-bond donors (Lipinski definition) is 0. The molecule has 0 aromatic carbocycles. The lowest BCUT2D eigenvalue weighted by Gasteiger charge is -2.15. The fourth-order valence-electron chi connectivity index (χ4n) is 1.82. The SMILES string of the molecule is Cc1ccc(CN2CC(C#N)CC2=O)cn1. The molecule has 16 heavy (non-hydrogen) atoms. The molecule has 1 saturated heterocycles. The minimum Gasteiger partial charge on any atom is -0.337 e. The van der Waals surface area contributed by atoms with E-state index >= 15 is 0 Å². The second-order valence-electron chi connectivity index (χ2n) is 4.11. The summed E-state index contributed by atoms with van der Waals surface area (Å²) < 4.78 is 0. The molecule has 2 heterocycles. The molecule has 1 aromatic heterocycles. The molecule has 1 unspecified atom stereocenters. The molecule has 1 aliphatic heterocycles. The zero-order chi connectivity index (χ0) is 11.5. The summed E-state index contributed by atoms with van der Waals surface area (Å²) in [6.45, 7) is 3.03. The Morgan fingerprint density at radius 2 is 2.44 bits per heavy atom. The van der Waals surface area contributed by atoms with E-state index in [1.807, 2.05) is 19.1 Å². The van der Waals surface area contributed by atoms with E-state index in [4.69, 9.17) is 5.26 Å². The van der Waals surface area contributed by atoms with Crippen LogP contribution in [0.15, 0.2) is 18.3 Å². The maximum absolute atomic E-state index is 11.6. The van der Waals surface area contributed by atoms with Gasteiger partial charge in [0.1, 0.15) is 0 Å². The first kappa shape index (κ1) is 10.6. The second kappa shape index (κ2) is 4.31. The van der Waals surface area contributed by atoms with Crippen LogP contribution >= 0.6 is 0 Å². The van der Waals surface area contributed by atoms with Gasteiger partial charge in [-0.3, -0.25) is 9.78 Å². The average Bonchev–Trinajstić information content (AvgIpc) is 2.63. The number of nitrogens with zero attached hydrogens (tertiary/aromatic N) is 3. The Balaban J connectivity index is 2.03. The van der Waals surface area contributed by atoms with Crippen LogP contribution in [0.5, 0.6) is 0 Å². The van der Waals surface area contributed by atoms with Gasteiger partial charge in [0, 0.05) is 31.4 Å². The first-order valence-electron chi connectivity index (χ1n) is 5.28. The van der Waals surface area contributed by atoms with Crippen molar-refractivity contribution in [3.05, 3.63) is 29.6 Å². The summed E-state index contributed by atoms with van der Waals surface area (Å²) in [7, 11) is 0. The summed E-state index contributed by atoms with van der Waals surface area (Å²) in [4.78, 5) is 17.5. The number of carbonyl (C=O) groups is 1. The quantitative estimate of drug-likeness (QED) is 0.746. The second-order valence-corrected chi connectivity index (χ2v) is 4.11. The van der Waals surface area contributed by atoms with Gasteiger partial charge in [0.15, 0.2) is 0 Å². The molecule has 1 atom stereocenters. The van der Waals surface area contributed by atoms with Crippen LogP contribution in [0.3, 0.4) is 0 Å². The Morgan fingerprint density at radius 3 is 3.00 bits per heavy atom. The van der Waals surface area contributed by atoms with Crippen LogP contribution in [0.4, 0.5) is 0 Å². The predicted molar refractivity (Wildman–Crippen MR) is 58.1 cm³/mol. The Kier molecular flexibility index (Phi) is 2.86. The summed E-state index contributed by atoms with van der Waals surface area (Å²) in [5, 5.41) is 8.76. The summed E-state index contributed by atoms with van der Waals surface area (Å²) in [5.41, 5.74) is 1.98.